The lowest BCUT2D eigenvalue weighted by Gasteiger charge is -2.30. The molecule has 86 valence electrons. The molecule has 0 aromatic heterocycles. The molecule has 1 fully saturated rings. The molecular weight excluding hydrogens is 204 g/mol. The average molecular weight is 220 g/mol. The smallest absolute Gasteiger partial charge is 0.269 e. The van der Waals surface area contributed by atoms with Crippen LogP contribution in [0.3, 0.4) is 0 Å². The first-order chi connectivity index (χ1) is 7.66. The number of hydrogen-bond acceptors (Lipinski definition) is 3. The Morgan fingerprint density at radius 2 is 2.25 bits per heavy atom. The molecule has 1 N–H and O–H groups in total. The zero-order chi connectivity index (χ0) is 11.5. The van der Waals surface area contributed by atoms with E-state index in [9.17, 15) is 10.1 Å². The first kappa shape index (κ1) is 11.1. The van der Waals surface area contributed by atoms with Gasteiger partial charge in [0.25, 0.3) is 5.69 Å². The van der Waals surface area contributed by atoms with E-state index >= 15 is 0 Å². The first-order valence-corrected chi connectivity index (χ1v) is 5.67. The van der Waals surface area contributed by atoms with Crippen molar-refractivity contribution < 1.29 is 4.92 Å². The quantitative estimate of drug-likeness (QED) is 0.627. The van der Waals surface area contributed by atoms with Gasteiger partial charge in [0.15, 0.2) is 0 Å². The van der Waals surface area contributed by atoms with Crippen LogP contribution in [0.1, 0.15) is 37.8 Å². The molecule has 1 saturated carbocycles. The van der Waals surface area contributed by atoms with Crippen LogP contribution in [-0.4, -0.2) is 11.0 Å². The Balaban J connectivity index is 2.06. The predicted octanol–water partition coefficient (Wildman–Crippen LogP) is 2.80. The summed E-state index contributed by atoms with van der Waals surface area (Å²) in [5, 5.41) is 14.1. The van der Waals surface area contributed by atoms with Gasteiger partial charge in [-0.15, -0.1) is 0 Å². The number of nitro benzene ring substituents is 1. The number of benzene rings is 1. The summed E-state index contributed by atoms with van der Waals surface area (Å²) >= 11 is 0. The van der Waals surface area contributed by atoms with Crippen LogP contribution in [0.25, 0.3) is 0 Å². The molecule has 0 radical (unpaired) electrons. The number of non-ortho nitro benzene ring substituents is 1. The summed E-state index contributed by atoms with van der Waals surface area (Å²) < 4.78 is 0. The molecule has 0 aliphatic heterocycles. The van der Waals surface area contributed by atoms with E-state index in [0.29, 0.717) is 6.04 Å². The Hall–Kier alpha value is -1.42. The van der Waals surface area contributed by atoms with Crippen molar-refractivity contribution in [1.82, 2.24) is 5.32 Å². The lowest BCUT2D eigenvalue weighted by molar-refractivity contribution is -0.384. The summed E-state index contributed by atoms with van der Waals surface area (Å²) in [5.74, 6) is 0. The van der Waals surface area contributed by atoms with Gasteiger partial charge in [0.2, 0.25) is 0 Å². The molecule has 0 amide bonds. The van der Waals surface area contributed by atoms with Crippen LogP contribution in [0, 0.1) is 10.1 Å². The van der Waals surface area contributed by atoms with Crippen molar-refractivity contribution in [3.8, 4) is 0 Å². The summed E-state index contributed by atoms with van der Waals surface area (Å²) in [6, 6.07) is 7.63. The van der Waals surface area contributed by atoms with Crippen molar-refractivity contribution >= 4 is 5.69 Å². The molecule has 4 heteroatoms. The number of rotatable bonds is 4. The van der Waals surface area contributed by atoms with E-state index in [1.165, 1.54) is 25.3 Å². The Morgan fingerprint density at radius 3 is 2.81 bits per heavy atom. The van der Waals surface area contributed by atoms with Gasteiger partial charge in [0.05, 0.1) is 4.92 Å². The summed E-state index contributed by atoms with van der Waals surface area (Å²) in [7, 11) is 0. The van der Waals surface area contributed by atoms with Crippen molar-refractivity contribution in [3.63, 3.8) is 0 Å². The second-order valence-corrected chi connectivity index (χ2v) is 4.37. The lowest BCUT2D eigenvalue weighted by Crippen LogP contribution is -2.36. The van der Waals surface area contributed by atoms with Gasteiger partial charge >= 0.3 is 0 Å². The molecule has 1 aliphatic rings. The number of nitrogens with one attached hydrogen (secondary N) is 1. The third kappa shape index (κ3) is 2.39. The van der Waals surface area contributed by atoms with Crippen LogP contribution >= 0.6 is 0 Å². The van der Waals surface area contributed by atoms with Gasteiger partial charge in [0.1, 0.15) is 0 Å². The zero-order valence-corrected chi connectivity index (χ0v) is 9.35. The minimum absolute atomic E-state index is 0.166. The maximum atomic E-state index is 10.7. The van der Waals surface area contributed by atoms with Gasteiger partial charge in [0, 0.05) is 24.2 Å². The molecule has 0 heterocycles. The maximum Gasteiger partial charge on any atom is 0.269 e. The van der Waals surface area contributed by atoms with Crippen LogP contribution in [0.4, 0.5) is 5.69 Å². The van der Waals surface area contributed by atoms with Crippen molar-refractivity contribution in [2.75, 3.05) is 0 Å². The molecule has 1 aromatic carbocycles. The van der Waals surface area contributed by atoms with E-state index in [1.54, 1.807) is 12.1 Å². The topological polar surface area (TPSA) is 55.2 Å². The second-order valence-electron chi connectivity index (χ2n) is 4.37. The molecular formula is C12H16N2O2. The molecule has 1 aliphatic carbocycles. The highest BCUT2D eigenvalue weighted by molar-refractivity contribution is 5.35. The van der Waals surface area contributed by atoms with E-state index in [0.717, 1.165) is 5.56 Å². The molecule has 0 saturated heterocycles. The SMILES string of the molecule is CC(NC1CCC1)c1cccc([N+](=O)[O-])c1. The molecule has 2 rings (SSSR count). The van der Waals surface area contributed by atoms with Gasteiger partial charge in [-0.05, 0) is 25.3 Å². The fourth-order valence-corrected chi connectivity index (χ4v) is 1.93. The van der Waals surface area contributed by atoms with Crippen LogP contribution in [0.2, 0.25) is 0 Å². The average Bonchev–Trinajstić information content (AvgIpc) is 2.23. The van der Waals surface area contributed by atoms with E-state index in [1.807, 2.05) is 6.07 Å². The van der Waals surface area contributed by atoms with Gasteiger partial charge in [-0.1, -0.05) is 18.6 Å². The van der Waals surface area contributed by atoms with E-state index < -0.39 is 0 Å². The Bertz CT molecular complexity index is 388. The third-order valence-corrected chi connectivity index (χ3v) is 3.17. The number of hydrogen-bond donors (Lipinski definition) is 1. The zero-order valence-electron chi connectivity index (χ0n) is 9.35. The number of nitro groups is 1. The molecule has 16 heavy (non-hydrogen) atoms. The standard InChI is InChI=1S/C12H16N2O2/c1-9(13-11-5-3-6-11)10-4-2-7-12(8-10)14(15)16/h2,4,7-9,11,13H,3,5-6H2,1H3. The van der Waals surface area contributed by atoms with E-state index in [-0.39, 0.29) is 16.7 Å². The van der Waals surface area contributed by atoms with Crippen LogP contribution in [-0.2, 0) is 0 Å². The van der Waals surface area contributed by atoms with Crippen LogP contribution in [0.15, 0.2) is 24.3 Å². The lowest BCUT2D eigenvalue weighted by atomic mass is 9.92. The molecule has 1 aromatic rings. The van der Waals surface area contributed by atoms with Crippen molar-refractivity contribution in [3.05, 3.63) is 39.9 Å². The Kier molecular flexibility index (Phi) is 3.19. The van der Waals surface area contributed by atoms with Gasteiger partial charge in [-0.3, -0.25) is 10.1 Å². The van der Waals surface area contributed by atoms with Crippen molar-refractivity contribution in [2.45, 2.75) is 38.3 Å². The number of nitrogens with zero attached hydrogens (tertiary/aromatic N) is 1. The van der Waals surface area contributed by atoms with Crippen LogP contribution in [0.5, 0.6) is 0 Å². The predicted molar refractivity (Wildman–Crippen MR) is 62.3 cm³/mol. The van der Waals surface area contributed by atoms with Gasteiger partial charge < -0.3 is 5.32 Å². The van der Waals surface area contributed by atoms with Gasteiger partial charge in [-0.2, -0.15) is 0 Å². The summed E-state index contributed by atoms with van der Waals surface area (Å²) in [5.41, 5.74) is 1.15. The molecule has 4 nitrogen and oxygen atoms in total. The third-order valence-electron chi connectivity index (χ3n) is 3.17. The monoisotopic (exact) mass is 220 g/mol. The molecule has 0 spiro atoms. The normalized spacial score (nSPS) is 17.8. The second kappa shape index (κ2) is 4.61. The minimum Gasteiger partial charge on any atom is -0.307 e. The highest BCUT2D eigenvalue weighted by Crippen LogP contribution is 2.24. The van der Waals surface area contributed by atoms with Gasteiger partial charge in [-0.25, -0.2) is 0 Å². The van der Waals surface area contributed by atoms with E-state index in [2.05, 4.69) is 12.2 Å². The molecule has 0 bridgehead atoms. The summed E-state index contributed by atoms with van der Waals surface area (Å²) in [4.78, 5) is 10.3. The Morgan fingerprint density at radius 1 is 1.50 bits per heavy atom. The fourth-order valence-electron chi connectivity index (χ4n) is 1.93. The first-order valence-electron chi connectivity index (χ1n) is 5.67. The van der Waals surface area contributed by atoms with Crippen molar-refractivity contribution in [1.29, 1.82) is 0 Å². The minimum atomic E-state index is -0.348. The summed E-state index contributed by atoms with van der Waals surface area (Å²) in [6.45, 7) is 2.05. The largest absolute Gasteiger partial charge is 0.307 e. The van der Waals surface area contributed by atoms with E-state index in [4.69, 9.17) is 0 Å². The highest BCUT2D eigenvalue weighted by Gasteiger charge is 2.20. The summed E-state index contributed by atoms with van der Waals surface area (Å²) in [6.07, 6.45) is 3.73. The Labute approximate surface area is 94.8 Å². The van der Waals surface area contributed by atoms with Crippen LogP contribution < -0.4 is 5.32 Å². The fraction of sp³-hybridized carbons (Fsp3) is 0.500. The molecule has 1 atom stereocenters. The molecule has 1 unspecified atom stereocenters. The van der Waals surface area contributed by atoms with Crippen molar-refractivity contribution in [2.24, 2.45) is 0 Å². The highest BCUT2D eigenvalue weighted by atomic mass is 16.6. The maximum absolute atomic E-state index is 10.7.